The van der Waals surface area contributed by atoms with E-state index < -0.39 is 0 Å². The van der Waals surface area contributed by atoms with E-state index in [1.807, 2.05) is 17.0 Å². The van der Waals surface area contributed by atoms with E-state index in [0.29, 0.717) is 11.8 Å². The highest BCUT2D eigenvalue weighted by Crippen LogP contribution is 2.45. The third kappa shape index (κ3) is 2.71. The second-order valence-electron chi connectivity index (χ2n) is 6.87. The highest BCUT2D eigenvalue weighted by Gasteiger charge is 2.48. The summed E-state index contributed by atoms with van der Waals surface area (Å²) in [5, 5.41) is 7.00. The lowest BCUT2D eigenvalue weighted by atomic mass is 9.89. The molecule has 0 bridgehead atoms. The summed E-state index contributed by atoms with van der Waals surface area (Å²) >= 11 is 0. The zero-order valence-corrected chi connectivity index (χ0v) is 13.7. The summed E-state index contributed by atoms with van der Waals surface area (Å²) in [5.41, 5.74) is 2.00. The van der Waals surface area contributed by atoms with Crippen LogP contribution in [0.1, 0.15) is 24.2 Å². The van der Waals surface area contributed by atoms with Gasteiger partial charge in [-0.25, -0.2) is 4.39 Å². The number of H-pyrrole nitrogens is 1. The highest BCUT2D eigenvalue weighted by atomic mass is 19.1. The summed E-state index contributed by atoms with van der Waals surface area (Å²) < 4.78 is 13.7. The van der Waals surface area contributed by atoms with Crippen molar-refractivity contribution < 1.29 is 9.18 Å². The average Bonchev–Trinajstić information content (AvgIpc) is 3.23. The summed E-state index contributed by atoms with van der Waals surface area (Å²) in [6.45, 7) is 5.06. The van der Waals surface area contributed by atoms with Crippen LogP contribution in [0.2, 0.25) is 0 Å². The molecule has 0 unspecified atom stereocenters. The second kappa shape index (κ2) is 6.02. The summed E-state index contributed by atoms with van der Waals surface area (Å²) in [6.07, 6.45) is 1.76. The maximum atomic E-state index is 13.7. The average molecular weight is 328 g/mol. The number of aromatic nitrogens is 2. The van der Waals surface area contributed by atoms with Crippen molar-refractivity contribution in [3.63, 3.8) is 0 Å². The molecule has 6 heteroatoms. The van der Waals surface area contributed by atoms with Gasteiger partial charge in [0.2, 0.25) is 5.91 Å². The molecule has 0 aliphatic carbocycles. The van der Waals surface area contributed by atoms with E-state index in [1.54, 1.807) is 25.3 Å². The number of hydrogen-bond acceptors (Lipinski definition) is 3. The van der Waals surface area contributed by atoms with Gasteiger partial charge in [0.05, 0.1) is 6.04 Å². The second-order valence-corrected chi connectivity index (χ2v) is 6.87. The van der Waals surface area contributed by atoms with Crippen LogP contribution in [0, 0.1) is 17.7 Å². The van der Waals surface area contributed by atoms with Crippen molar-refractivity contribution in [2.45, 2.75) is 19.5 Å². The van der Waals surface area contributed by atoms with E-state index >= 15 is 0 Å². The number of aromatic amines is 1. The predicted molar refractivity (Wildman–Crippen MR) is 87.4 cm³/mol. The van der Waals surface area contributed by atoms with Gasteiger partial charge in [0.25, 0.3) is 0 Å². The first-order valence-corrected chi connectivity index (χ1v) is 8.35. The number of nitrogens with zero attached hydrogens (tertiary/aromatic N) is 3. The molecule has 0 spiro atoms. The molecule has 2 aromatic rings. The summed E-state index contributed by atoms with van der Waals surface area (Å²) in [7, 11) is 0. The fourth-order valence-electron chi connectivity index (χ4n) is 4.32. The summed E-state index contributed by atoms with van der Waals surface area (Å²) in [4.78, 5) is 16.4. The molecular weight excluding hydrogens is 307 g/mol. The normalized spacial score (nSPS) is 26.8. The molecule has 2 aliphatic heterocycles. The Morgan fingerprint density at radius 2 is 2.21 bits per heavy atom. The molecule has 3 atom stereocenters. The topological polar surface area (TPSA) is 52.2 Å². The van der Waals surface area contributed by atoms with Crippen LogP contribution in [0.25, 0.3) is 0 Å². The van der Waals surface area contributed by atoms with Crippen molar-refractivity contribution >= 4 is 5.91 Å². The molecule has 1 N–H and O–H groups in total. The van der Waals surface area contributed by atoms with Gasteiger partial charge in [-0.05, 0) is 29.7 Å². The van der Waals surface area contributed by atoms with Crippen LogP contribution in [-0.2, 0) is 11.3 Å². The molecule has 1 amide bonds. The lowest BCUT2D eigenvalue weighted by Gasteiger charge is -2.29. The first kappa shape index (κ1) is 15.3. The maximum absolute atomic E-state index is 13.7. The van der Waals surface area contributed by atoms with Crippen LogP contribution in [-0.4, -0.2) is 45.5 Å². The Morgan fingerprint density at radius 1 is 1.33 bits per heavy atom. The van der Waals surface area contributed by atoms with Crippen LogP contribution >= 0.6 is 0 Å². The predicted octanol–water partition coefficient (Wildman–Crippen LogP) is 2.20. The largest absolute Gasteiger partial charge is 0.335 e. The smallest absolute Gasteiger partial charge is 0.219 e. The minimum Gasteiger partial charge on any atom is -0.335 e. The number of amides is 1. The fraction of sp³-hybridized carbons (Fsp3) is 0.444. The number of likely N-dealkylation sites (tertiary alicyclic amines) is 2. The van der Waals surface area contributed by atoms with Crippen molar-refractivity contribution in [2.24, 2.45) is 11.8 Å². The quantitative estimate of drug-likeness (QED) is 0.940. The molecule has 3 heterocycles. The number of fused-ring (bicyclic) bond motifs is 1. The SMILES string of the molecule is CC(=O)N1C[C@H]2CN(Cc3ccn[nH]3)C[C@H]2[C@H]1c1cccc(F)c1. The van der Waals surface area contributed by atoms with Gasteiger partial charge in [-0.2, -0.15) is 5.10 Å². The third-order valence-electron chi connectivity index (χ3n) is 5.29. The van der Waals surface area contributed by atoms with Crippen LogP contribution < -0.4 is 0 Å². The first-order valence-electron chi connectivity index (χ1n) is 8.35. The van der Waals surface area contributed by atoms with Crippen LogP contribution in [0.3, 0.4) is 0 Å². The van der Waals surface area contributed by atoms with Crippen molar-refractivity contribution in [2.75, 3.05) is 19.6 Å². The maximum Gasteiger partial charge on any atom is 0.219 e. The van der Waals surface area contributed by atoms with Gasteiger partial charge >= 0.3 is 0 Å². The van der Waals surface area contributed by atoms with Gasteiger partial charge in [0, 0.05) is 50.9 Å². The Balaban J connectivity index is 1.57. The molecule has 24 heavy (non-hydrogen) atoms. The van der Waals surface area contributed by atoms with Crippen LogP contribution in [0.4, 0.5) is 4.39 Å². The van der Waals surface area contributed by atoms with Crippen molar-refractivity contribution in [1.29, 1.82) is 0 Å². The Labute approximate surface area is 140 Å². The van der Waals surface area contributed by atoms with Gasteiger partial charge in [-0.3, -0.25) is 14.8 Å². The first-order chi connectivity index (χ1) is 11.6. The van der Waals surface area contributed by atoms with Gasteiger partial charge in [0.1, 0.15) is 5.82 Å². The molecule has 0 radical (unpaired) electrons. The van der Waals surface area contributed by atoms with Crippen molar-refractivity contribution in [1.82, 2.24) is 20.0 Å². The molecule has 1 aromatic heterocycles. The minimum absolute atomic E-state index is 0.0324. The summed E-state index contributed by atoms with van der Waals surface area (Å²) in [5.74, 6) is 0.606. The number of hydrogen-bond donors (Lipinski definition) is 1. The molecule has 0 saturated carbocycles. The Bertz CT molecular complexity index is 732. The van der Waals surface area contributed by atoms with Gasteiger partial charge in [-0.15, -0.1) is 0 Å². The van der Waals surface area contributed by atoms with E-state index in [0.717, 1.165) is 37.4 Å². The molecule has 2 aliphatic rings. The zero-order chi connectivity index (χ0) is 16.7. The van der Waals surface area contributed by atoms with Gasteiger partial charge in [-0.1, -0.05) is 12.1 Å². The zero-order valence-electron chi connectivity index (χ0n) is 13.7. The molecule has 126 valence electrons. The van der Waals surface area contributed by atoms with E-state index in [1.165, 1.54) is 6.07 Å². The highest BCUT2D eigenvalue weighted by molar-refractivity contribution is 5.74. The fourth-order valence-corrected chi connectivity index (χ4v) is 4.32. The van der Waals surface area contributed by atoms with Crippen molar-refractivity contribution in [3.05, 3.63) is 53.6 Å². The monoisotopic (exact) mass is 328 g/mol. The Morgan fingerprint density at radius 3 is 2.92 bits per heavy atom. The van der Waals surface area contributed by atoms with Crippen molar-refractivity contribution in [3.8, 4) is 0 Å². The number of rotatable bonds is 3. The number of benzene rings is 1. The lowest BCUT2D eigenvalue weighted by molar-refractivity contribution is -0.130. The van der Waals surface area contributed by atoms with Gasteiger partial charge < -0.3 is 4.90 Å². The third-order valence-corrected chi connectivity index (χ3v) is 5.29. The molecule has 2 fully saturated rings. The molecule has 2 saturated heterocycles. The molecule has 4 rings (SSSR count). The number of carbonyl (C=O) groups is 1. The number of nitrogens with one attached hydrogen (secondary N) is 1. The minimum atomic E-state index is -0.244. The summed E-state index contributed by atoms with van der Waals surface area (Å²) in [6, 6.07) is 8.64. The van der Waals surface area contributed by atoms with E-state index in [-0.39, 0.29) is 17.8 Å². The number of halogens is 1. The van der Waals surface area contributed by atoms with Gasteiger partial charge in [0.15, 0.2) is 0 Å². The number of carbonyl (C=O) groups excluding carboxylic acids is 1. The van der Waals surface area contributed by atoms with Crippen LogP contribution in [0.15, 0.2) is 36.5 Å². The standard InChI is InChI=1S/C18H21FN4O/c1-12(24)23-9-14-8-22(10-16-5-6-20-21-16)11-17(14)18(23)13-3-2-4-15(19)7-13/h2-7,14,17-18H,8-11H2,1H3,(H,20,21)/t14-,17-,18-/m1/s1. The lowest BCUT2D eigenvalue weighted by Crippen LogP contribution is -2.34. The van der Waals surface area contributed by atoms with Crippen LogP contribution in [0.5, 0.6) is 0 Å². The Hall–Kier alpha value is -2.21. The van der Waals surface area contributed by atoms with E-state index in [4.69, 9.17) is 0 Å². The molecule has 5 nitrogen and oxygen atoms in total. The molecular formula is C18H21FN4O. The van der Waals surface area contributed by atoms with E-state index in [2.05, 4.69) is 15.1 Å². The van der Waals surface area contributed by atoms with E-state index in [9.17, 15) is 9.18 Å². The Kier molecular flexibility index (Phi) is 3.84. The molecule has 1 aromatic carbocycles.